The van der Waals surface area contributed by atoms with Gasteiger partial charge in [-0.2, -0.15) is 0 Å². The van der Waals surface area contributed by atoms with Crippen LogP contribution in [0.4, 0.5) is 0 Å². The zero-order valence-corrected chi connectivity index (χ0v) is 12.2. The largest absolute Gasteiger partial charge is 0.466 e. The molecule has 1 aromatic carbocycles. The smallest absolute Gasteiger partial charge is 0.329 e. The first-order valence-corrected chi connectivity index (χ1v) is 9.23. The van der Waals surface area contributed by atoms with Crippen LogP contribution < -0.4 is 0 Å². The Balaban J connectivity index is 3.35. The van der Waals surface area contributed by atoms with Crippen LogP contribution in [-0.4, -0.2) is 21.2 Å². The fourth-order valence-electron chi connectivity index (χ4n) is 1.96. The second kappa shape index (κ2) is 5.32. The molecular formula is C14H20O2Si. The summed E-state index contributed by atoms with van der Waals surface area (Å²) in [6.07, 6.45) is 0. The van der Waals surface area contributed by atoms with E-state index < -0.39 is 8.07 Å². The molecule has 3 heteroatoms. The highest BCUT2D eigenvalue weighted by molar-refractivity contribution is 6.88. The molecule has 1 rings (SSSR count). The lowest BCUT2D eigenvalue weighted by atomic mass is 10.1. The van der Waals surface area contributed by atoms with Crippen LogP contribution in [0.25, 0.3) is 5.57 Å². The normalized spacial score (nSPS) is 13.0. The van der Waals surface area contributed by atoms with Crippen LogP contribution in [0, 0.1) is 0 Å². The third-order valence-corrected chi connectivity index (χ3v) is 4.80. The van der Waals surface area contributed by atoms with Crippen LogP contribution in [0.15, 0.2) is 35.5 Å². The summed E-state index contributed by atoms with van der Waals surface area (Å²) in [5.74, 6) is -0.189. The van der Waals surface area contributed by atoms with Gasteiger partial charge in [0, 0.05) is 5.20 Å². The van der Waals surface area contributed by atoms with Crippen LogP contribution in [0.3, 0.4) is 0 Å². The number of carbonyl (C=O) groups excluding carboxylic acids is 1. The molecule has 0 fully saturated rings. The fraction of sp³-hybridized carbons (Fsp3) is 0.357. The van der Waals surface area contributed by atoms with Crippen molar-refractivity contribution in [3.8, 4) is 0 Å². The van der Waals surface area contributed by atoms with Gasteiger partial charge < -0.3 is 4.74 Å². The molecular weight excluding hydrogens is 228 g/mol. The van der Waals surface area contributed by atoms with Gasteiger partial charge in [0.25, 0.3) is 0 Å². The van der Waals surface area contributed by atoms with Crippen molar-refractivity contribution in [2.75, 3.05) is 7.11 Å². The van der Waals surface area contributed by atoms with E-state index in [1.807, 2.05) is 37.3 Å². The monoisotopic (exact) mass is 248 g/mol. The number of allylic oxidation sites excluding steroid dienone is 1. The first kappa shape index (κ1) is 13.7. The van der Waals surface area contributed by atoms with E-state index >= 15 is 0 Å². The average Bonchev–Trinajstić information content (AvgIpc) is 2.28. The van der Waals surface area contributed by atoms with Crippen LogP contribution in [0.2, 0.25) is 19.6 Å². The molecule has 2 nitrogen and oxygen atoms in total. The molecule has 0 amide bonds. The Kier molecular flexibility index (Phi) is 4.29. The molecule has 0 atom stereocenters. The van der Waals surface area contributed by atoms with Crippen LogP contribution in [0.1, 0.15) is 12.5 Å². The van der Waals surface area contributed by atoms with E-state index in [1.165, 1.54) is 7.11 Å². The summed E-state index contributed by atoms with van der Waals surface area (Å²) in [5.41, 5.74) is 2.13. The lowest BCUT2D eigenvalue weighted by Crippen LogP contribution is -2.31. The molecule has 0 bridgehead atoms. The number of hydrogen-bond donors (Lipinski definition) is 0. The summed E-state index contributed by atoms with van der Waals surface area (Å²) in [5, 5.41) is 0.867. The summed E-state index contributed by atoms with van der Waals surface area (Å²) < 4.78 is 4.92. The third kappa shape index (κ3) is 3.30. The summed E-state index contributed by atoms with van der Waals surface area (Å²) in [6, 6.07) is 10.00. The van der Waals surface area contributed by atoms with E-state index in [4.69, 9.17) is 4.74 Å². The Morgan fingerprint density at radius 3 is 2.06 bits per heavy atom. The number of methoxy groups -OCH3 is 1. The molecule has 0 N–H and O–H groups in total. The van der Waals surface area contributed by atoms with E-state index in [-0.39, 0.29) is 5.97 Å². The topological polar surface area (TPSA) is 26.3 Å². The number of ether oxygens (including phenoxy) is 1. The highest BCUT2D eigenvalue weighted by Gasteiger charge is 2.29. The number of benzene rings is 1. The maximum Gasteiger partial charge on any atom is 0.329 e. The summed E-state index contributed by atoms with van der Waals surface area (Å²) in [6.45, 7) is 8.48. The van der Waals surface area contributed by atoms with Crippen LogP contribution in [-0.2, 0) is 9.53 Å². The Bertz CT molecular complexity index is 427. The highest BCUT2D eigenvalue weighted by Crippen LogP contribution is 2.26. The minimum atomic E-state index is -1.71. The van der Waals surface area contributed by atoms with Gasteiger partial charge in [-0.05, 0) is 18.1 Å². The van der Waals surface area contributed by atoms with Crippen molar-refractivity contribution in [3.63, 3.8) is 0 Å². The second-order valence-electron chi connectivity index (χ2n) is 5.11. The number of hydrogen-bond acceptors (Lipinski definition) is 2. The predicted molar refractivity (Wildman–Crippen MR) is 74.4 cm³/mol. The second-order valence-corrected chi connectivity index (χ2v) is 10.1. The van der Waals surface area contributed by atoms with Crippen molar-refractivity contribution in [1.29, 1.82) is 0 Å². The minimum Gasteiger partial charge on any atom is -0.466 e. The van der Waals surface area contributed by atoms with E-state index in [0.29, 0.717) is 0 Å². The minimum absolute atomic E-state index is 0.189. The van der Waals surface area contributed by atoms with Gasteiger partial charge in [-0.1, -0.05) is 50.0 Å². The molecule has 0 unspecified atom stereocenters. The zero-order chi connectivity index (χ0) is 13.1. The molecule has 92 valence electrons. The SMILES string of the molecule is COC(=O)/C(=C(/C)c1ccccc1)[Si](C)(C)C. The van der Waals surface area contributed by atoms with Gasteiger partial charge in [0.1, 0.15) is 0 Å². The quantitative estimate of drug-likeness (QED) is 0.465. The van der Waals surface area contributed by atoms with Crippen molar-refractivity contribution in [1.82, 2.24) is 0 Å². The predicted octanol–water partition coefficient (Wildman–Crippen LogP) is 3.51. The lowest BCUT2D eigenvalue weighted by Gasteiger charge is -2.22. The van der Waals surface area contributed by atoms with Gasteiger partial charge in [0.15, 0.2) is 0 Å². The van der Waals surface area contributed by atoms with Gasteiger partial charge >= 0.3 is 5.97 Å². The summed E-state index contributed by atoms with van der Waals surface area (Å²) >= 11 is 0. The standard InChI is InChI=1S/C14H20O2Si/c1-11(12-9-7-6-8-10-12)13(14(15)16-2)17(3,4)5/h6-10H,1-5H3/b13-11+. The molecule has 1 aromatic rings. The maximum absolute atomic E-state index is 11.9. The molecule has 0 radical (unpaired) electrons. The molecule has 0 aliphatic heterocycles. The molecule has 0 aromatic heterocycles. The Morgan fingerprint density at radius 2 is 1.65 bits per heavy atom. The van der Waals surface area contributed by atoms with E-state index in [9.17, 15) is 4.79 Å². The number of rotatable bonds is 3. The first-order valence-electron chi connectivity index (χ1n) is 5.73. The van der Waals surface area contributed by atoms with Crippen LogP contribution in [0.5, 0.6) is 0 Å². The molecule has 0 heterocycles. The Labute approximate surface area is 104 Å². The molecule has 0 aliphatic rings. The van der Waals surface area contributed by atoms with Crippen molar-refractivity contribution in [2.24, 2.45) is 0 Å². The lowest BCUT2D eigenvalue weighted by molar-refractivity contribution is -0.135. The molecule has 0 spiro atoms. The molecule has 0 saturated carbocycles. The van der Waals surface area contributed by atoms with Gasteiger partial charge in [-0.15, -0.1) is 0 Å². The Hall–Kier alpha value is -1.35. The first-order chi connectivity index (χ1) is 7.88. The van der Waals surface area contributed by atoms with E-state index in [0.717, 1.165) is 16.3 Å². The van der Waals surface area contributed by atoms with Gasteiger partial charge in [-0.3, -0.25) is 0 Å². The van der Waals surface area contributed by atoms with Crippen LogP contribution >= 0.6 is 0 Å². The van der Waals surface area contributed by atoms with Gasteiger partial charge in [0.05, 0.1) is 15.2 Å². The Morgan fingerprint density at radius 1 is 1.12 bits per heavy atom. The van der Waals surface area contributed by atoms with Crippen molar-refractivity contribution in [2.45, 2.75) is 26.6 Å². The summed E-state index contributed by atoms with van der Waals surface area (Å²) in [7, 11) is -0.266. The van der Waals surface area contributed by atoms with Crippen molar-refractivity contribution in [3.05, 3.63) is 41.1 Å². The molecule has 0 aliphatic carbocycles. The van der Waals surface area contributed by atoms with Gasteiger partial charge in [-0.25, -0.2) is 4.79 Å². The zero-order valence-electron chi connectivity index (χ0n) is 11.2. The van der Waals surface area contributed by atoms with Crippen molar-refractivity contribution >= 4 is 19.6 Å². The third-order valence-electron chi connectivity index (χ3n) is 2.72. The molecule has 0 saturated heterocycles. The number of carbonyl (C=O) groups is 1. The maximum atomic E-state index is 11.9. The van der Waals surface area contributed by atoms with Crippen molar-refractivity contribution < 1.29 is 9.53 Å². The molecule has 17 heavy (non-hydrogen) atoms. The number of esters is 1. The van der Waals surface area contributed by atoms with Gasteiger partial charge in [0.2, 0.25) is 0 Å². The average molecular weight is 248 g/mol. The van der Waals surface area contributed by atoms with E-state index in [2.05, 4.69) is 19.6 Å². The fourth-order valence-corrected chi connectivity index (χ4v) is 3.94. The van der Waals surface area contributed by atoms with E-state index in [1.54, 1.807) is 0 Å². The highest BCUT2D eigenvalue weighted by atomic mass is 28.3. The summed E-state index contributed by atoms with van der Waals surface area (Å²) in [4.78, 5) is 11.9.